The van der Waals surface area contributed by atoms with E-state index in [-0.39, 0.29) is 26.2 Å². The molecule has 0 unspecified atom stereocenters. The van der Waals surface area contributed by atoms with Crippen LogP contribution in [0.3, 0.4) is 0 Å². The molecular formula is C23H55NO16P4. The normalized spacial score (nSPS) is 13.5. The first-order chi connectivity index (χ1) is 20.1. The van der Waals surface area contributed by atoms with E-state index in [0.717, 1.165) is 19.3 Å². The van der Waals surface area contributed by atoms with Gasteiger partial charge < -0.3 is 64.2 Å². The van der Waals surface area contributed by atoms with Crippen molar-refractivity contribution >= 4 is 30.4 Å². The summed E-state index contributed by atoms with van der Waals surface area (Å²) >= 11 is 0. The van der Waals surface area contributed by atoms with Crippen molar-refractivity contribution in [3.8, 4) is 0 Å². The zero-order valence-electron chi connectivity index (χ0n) is 25.7. The van der Waals surface area contributed by atoms with Crippen LogP contribution in [0.2, 0.25) is 0 Å². The molecular weight excluding hydrogens is 670 g/mol. The molecule has 0 aromatic carbocycles. The average Bonchev–Trinajstić information content (AvgIpc) is 2.88. The SMILES string of the molecule is CCCCCCCCCCCCCCCC(N)(P(=O)(O)O)P(=O)(O)O.COCCOCCOCC(O)(P(=O)(O)O)P(=O)(O)O. The number of aliphatic hydroxyl groups is 1. The summed E-state index contributed by atoms with van der Waals surface area (Å²) in [4.78, 5) is 71.8. The maximum absolute atomic E-state index is 11.3. The van der Waals surface area contributed by atoms with Crippen LogP contribution >= 0.6 is 30.4 Å². The molecule has 0 aromatic rings. The molecule has 268 valence electrons. The summed E-state index contributed by atoms with van der Waals surface area (Å²) in [5.41, 5.74) is 5.37. The molecule has 0 fully saturated rings. The molecule has 0 aliphatic heterocycles. The van der Waals surface area contributed by atoms with Crippen LogP contribution in [0.15, 0.2) is 0 Å². The van der Waals surface area contributed by atoms with Crippen molar-refractivity contribution in [3.05, 3.63) is 0 Å². The van der Waals surface area contributed by atoms with Crippen molar-refractivity contribution in [2.45, 2.75) is 107 Å². The van der Waals surface area contributed by atoms with Crippen molar-refractivity contribution in [2.24, 2.45) is 5.73 Å². The molecule has 0 aliphatic rings. The Bertz CT molecular complexity index is 887. The molecule has 0 aromatic heterocycles. The van der Waals surface area contributed by atoms with Gasteiger partial charge >= 0.3 is 30.4 Å². The zero-order valence-corrected chi connectivity index (χ0v) is 29.3. The maximum atomic E-state index is 11.3. The van der Waals surface area contributed by atoms with E-state index in [1.165, 1.54) is 58.5 Å². The van der Waals surface area contributed by atoms with Crippen molar-refractivity contribution in [1.29, 1.82) is 0 Å². The van der Waals surface area contributed by atoms with E-state index in [0.29, 0.717) is 19.4 Å². The monoisotopic (exact) mass is 725 g/mol. The fraction of sp³-hybridized carbons (Fsp3) is 1.00. The van der Waals surface area contributed by atoms with Crippen LogP contribution in [0.1, 0.15) is 96.8 Å². The van der Waals surface area contributed by atoms with Gasteiger partial charge in [-0.15, -0.1) is 0 Å². The Kier molecular flexibility index (Phi) is 24.2. The van der Waals surface area contributed by atoms with Gasteiger partial charge in [-0.05, 0) is 6.42 Å². The van der Waals surface area contributed by atoms with E-state index in [9.17, 15) is 23.4 Å². The summed E-state index contributed by atoms with van der Waals surface area (Å²) in [6.07, 6.45) is 13.9. The maximum Gasteiger partial charge on any atom is 0.371 e. The number of nitrogens with two attached hydrogens (primary N) is 1. The van der Waals surface area contributed by atoms with Gasteiger partial charge in [-0.3, -0.25) is 18.3 Å². The largest absolute Gasteiger partial charge is 0.382 e. The van der Waals surface area contributed by atoms with Gasteiger partial charge in [0.2, 0.25) is 5.02 Å². The highest BCUT2D eigenvalue weighted by molar-refractivity contribution is 7.72. The number of unbranched alkanes of at least 4 members (excludes halogenated alkanes) is 12. The van der Waals surface area contributed by atoms with Gasteiger partial charge in [0, 0.05) is 7.11 Å². The zero-order chi connectivity index (χ0) is 34.6. The molecule has 17 nitrogen and oxygen atoms in total. The Balaban J connectivity index is 0. The number of methoxy groups -OCH3 is 1. The second kappa shape index (κ2) is 22.9. The minimum Gasteiger partial charge on any atom is -0.382 e. The lowest BCUT2D eigenvalue weighted by molar-refractivity contribution is -0.00992. The lowest BCUT2D eigenvalue weighted by Crippen LogP contribution is -2.39. The smallest absolute Gasteiger partial charge is 0.371 e. The molecule has 0 aliphatic carbocycles. The summed E-state index contributed by atoms with van der Waals surface area (Å²) in [7, 11) is -19.6. The Hall–Kier alpha value is 0.400. The van der Waals surface area contributed by atoms with Crippen LogP contribution in [0.25, 0.3) is 0 Å². The predicted octanol–water partition coefficient (Wildman–Crippen LogP) is 3.10. The van der Waals surface area contributed by atoms with E-state index in [1.54, 1.807) is 0 Å². The fourth-order valence-electron chi connectivity index (χ4n) is 3.77. The molecule has 0 rings (SSSR count). The second-order valence-electron chi connectivity index (χ2n) is 10.5. The van der Waals surface area contributed by atoms with Gasteiger partial charge in [0.25, 0.3) is 5.08 Å². The van der Waals surface area contributed by atoms with Crippen molar-refractivity contribution in [1.82, 2.24) is 0 Å². The summed E-state index contributed by atoms with van der Waals surface area (Å²) < 4.78 is 58.8. The van der Waals surface area contributed by atoms with Gasteiger partial charge in [-0.1, -0.05) is 90.4 Å². The van der Waals surface area contributed by atoms with Gasteiger partial charge in [0.05, 0.1) is 33.0 Å². The van der Waals surface area contributed by atoms with Crippen molar-refractivity contribution < 1.29 is 76.7 Å². The van der Waals surface area contributed by atoms with Crippen LogP contribution in [0.4, 0.5) is 0 Å². The molecule has 0 heterocycles. The molecule has 0 radical (unpaired) electrons. The van der Waals surface area contributed by atoms with E-state index >= 15 is 0 Å². The van der Waals surface area contributed by atoms with Gasteiger partial charge in [-0.2, -0.15) is 0 Å². The molecule has 0 bridgehead atoms. The molecule has 0 amide bonds. The molecule has 11 N–H and O–H groups in total. The third-order valence-corrected chi connectivity index (χ3v) is 14.4. The molecule has 21 heteroatoms. The minimum absolute atomic E-state index is 0.0156. The van der Waals surface area contributed by atoms with Crippen molar-refractivity contribution in [3.63, 3.8) is 0 Å². The van der Waals surface area contributed by atoms with Gasteiger partial charge in [0.1, 0.15) is 0 Å². The van der Waals surface area contributed by atoms with Crippen molar-refractivity contribution in [2.75, 3.05) is 40.1 Å². The number of ether oxygens (including phenoxy) is 3. The lowest BCUT2D eigenvalue weighted by atomic mass is 10.0. The standard InChI is InChI=1S/C16H37NO6P2.C7H18O10P2/c1-2-3-4-5-6-7-8-9-10-11-12-13-14-15-16(17,24(18,19)20)25(21,22)23;1-15-2-3-16-4-5-17-6-7(8,18(9,10)11)19(12,13)14/h2-15,17H2,1H3,(H2,18,19,20)(H2,21,22,23);8H,2-6H2,1H3,(H2,9,10,11)(H2,12,13,14). The van der Waals surface area contributed by atoms with Crippen LogP contribution in [-0.2, 0) is 32.5 Å². The first-order valence-electron chi connectivity index (χ1n) is 14.5. The third kappa shape index (κ3) is 18.7. The summed E-state index contributed by atoms with van der Waals surface area (Å²) in [5.74, 6) is 0. The van der Waals surface area contributed by atoms with Gasteiger partial charge in [0.15, 0.2) is 0 Å². The Morgan fingerprint density at radius 1 is 0.545 bits per heavy atom. The summed E-state index contributed by atoms with van der Waals surface area (Å²) in [6, 6.07) is 0. The summed E-state index contributed by atoms with van der Waals surface area (Å²) in [6.45, 7) is 1.42. The first-order valence-corrected chi connectivity index (χ1v) is 21.0. The minimum atomic E-state index is -5.47. The fourth-order valence-corrected chi connectivity index (χ4v) is 7.91. The summed E-state index contributed by atoms with van der Waals surface area (Å²) in [5, 5.41) is 3.11. The van der Waals surface area contributed by atoms with Crippen LogP contribution < -0.4 is 5.73 Å². The molecule has 0 spiro atoms. The molecule has 0 atom stereocenters. The van der Waals surface area contributed by atoms with E-state index in [1.807, 2.05) is 0 Å². The average molecular weight is 726 g/mol. The Labute approximate surface area is 259 Å². The number of hydrogen-bond acceptors (Lipinski definition) is 9. The van der Waals surface area contributed by atoms with Crippen LogP contribution in [0.5, 0.6) is 0 Å². The molecule has 0 saturated carbocycles. The Morgan fingerprint density at radius 2 is 0.886 bits per heavy atom. The molecule has 0 saturated heterocycles. The van der Waals surface area contributed by atoms with E-state index in [2.05, 4.69) is 16.4 Å². The second-order valence-corrected chi connectivity index (χ2v) is 18.6. The number of hydrogen-bond donors (Lipinski definition) is 10. The quantitative estimate of drug-likeness (QED) is 0.0452. The van der Waals surface area contributed by atoms with E-state index in [4.69, 9.17) is 49.6 Å². The highest BCUT2D eigenvalue weighted by Crippen LogP contribution is 2.68. The molecule has 44 heavy (non-hydrogen) atoms. The van der Waals surface area contributed by atoms with Crippen LogP contribution in [-0.4, -0.2) is 94.5 Å². The first kappa shape index (κ1) is 46.5. The predicted molar refractivity (Wildman–Crippen MR) is 164 cm³/mol. The Morgan fingerprint density at radius 3 is 1.23 bits per heavy atom. The third-order valence-electron chi connectivity index (χ3n) is 6.69. The van der Waals surface area contributed by atoms with E-state index < -0.39 is 47.1 Å². The highest BCUT2D eigenvalue weighted by Gasteiger charge is 2.60. The van der Waals surface area contributed by atoms with Crippen LogP contribution in [0, 0.1) is 0 Å². The highest BCUT2D eigenvalue weighted by atomic mass is 31.2. The van der Waals surface area contributed by atoms with Gasteiger partial charge in [-0.25, -0.2) is 0 Å². The number of rotatable bonds is 26. The topological polar surface area (TPSA) is 304 Å². The lowest BCUT2D eigenvalue weighted by Gasteiger charge is -2.30.